The Kier molecular flexibility index (Phi) is 9.71. The molecular weight excluding hydrogens is 598 g/mol. The summed E-state index contributed by atoms with van der Waals surface area (Å²) >= 11 is 0. The fourth-order valence-corrected chi connectivity index (χ4v) is 6.22. The molecule has 0 saturated heterocycles. The number of H-pyrrole nitrogens is 1. The molecule has 4 N–H and O–H groups in total. The normalized spacial score (nSPS) is 15.4. The van der Waals surface area contributed by atoms with Crippen molar-refractivity contribution >= 4 is 38.1 Å². The van der Waals surface area contributed by atoms with Gasteiger partial charge in [0.05, 0.1) is 66.2 Å². The van der Waals surface area contributed by atoms with E-state index in [1.165, 1.54) is 18.5 Å². The van der Waals surface area contributed by atoms with Crippen LogP contribution in [0, 0.1) is 6.92 Å². The molecule has 1 atom stereocenters. The predicted molar refractivity (Wildman–Crippen MR) is 169 cm³/mol. The number of aromatic amines is 1. The molecule has 1 amide bonds. The van der Waals surface area contributed by atoms with E-state index in [0.29, 0.717) is 49.4 Å². The van der Waals surface area contributed by atoms with Crippen molar-refractivity contribution in [2.24, 2.45) is 10.7 Å². The number of aryl methyl sites for hydroxylation is 1. The number of benzene rings is 1. The number of nitrogens with two attached hydrogens (primary N) is 1. The molecule has 1 aliphatic rings. The first-order valence-corrected chi connectivity index (χ1v) is 16.4. The number of hydrogen-bond acceptors (Lipinski definition) is 11. The van der Waals surface area contributed by atoms with E-state index in [-0.39, 0.29) is 41.1 Å². The van der Waals surface area contributed by atoms with Crippen LogP contribution in [0.5, 0.6) is 5.75 Å². The zero-order chi connectivity index (χ0) is 32.0. The maximum absolute atomic E-state index is 13.2. The van der Waals surface area contributed by atoms with Gasteiger partial charge in [-0.1, -0.05) is 18.9 Å². The Morgan fingerprint density at radius 1 is 1.20 bits per heavy atom. The largest absolute Gasteiger partial charge is 0.496 e. The molecular formula is C31H35N7O6S. The van der Waals surface area contributed by atoms with Crippen LogP contribution in [0.15, 0.2) is 64.1 Å². The first-order valence-electron chi connectivity index (χ1n) is 14.6. The Hall–Kier alpha value is -4.85. The zero-order valence-electron chi connectivity index (χ0n) is 25.1. The number of fused-ring (bicyclic) bond motifs is 1. The molecule has 236 valence electrons. The molecule has 5 rings (SSSR count). The summed E-state index contributed by atoms with van der Waals surface area (Å²) in [6, 6.07) is 7.21. The number of ketones is 1. The van der Waals surface area contributed by atoms with Gasteiger partial charge in [-0.05, 0) is 38.0 Å². The molecule has 4 aromatic rings. The Balaban J connectivity index is 1.34. The number of imidazole rings is 1. The molecule has 1 aliphatic heterocycles. The van der Waals surface area contributed by atoms with E-state index < -0.39 is 21.8 Å². The molecule has 14 heteroatoms. The molecule has 0 saturated carbocycles. The van der Waals surface area contributed by atoms with Gasteiger partial charge in [0.25, 0.3) is 11.8 Å². The number of rotatable bonds is 13. The number of carbonyl (C=O) groups is 2. The Morgan fingerprint density at radius 2 is 2.04 bits per heavy atom. The lowest BCUT2D eigenvalue weighted by Crippen LogP contribution is -2.34. The van der Waals surface area contributed by atoms with Crippen LogP contribution >= 0.6 is 0 Å². The number of Topliss-reactive ketones (excluding diaryl/α,β-unsaturated/α-hetero) is 1. The van der Waals surface area contributed by atoms with Gasteiger partial charge in [0.15, 0.2) is 9.84 Å². The van der Waals surface area contributed by atoms with Crippen molar-refractivity contribution in [2.75, 3.05) is 25.2 Å². The number of nitrogens with one attached hydrogen (secondary N) is 2. The van der Waals surface area contributed by atoms with Gasteiger partial charge in [0.2, 0.25) is 5.78 Å². The molecule has 45 heavy (non-hydrogen) atoms. The van der Waals surface area contributed by atoms with Crippen LogP contribution in [-0.2, 0) is 14.6 Å². The third-order valence-corrected chi connectivity index (χ3v) is 8.95. The molecule has 4 heterocycles. The number of oxazole rings is 1. The quantitative estimate of drug-likeness (QED) is 0.111. The van der Waals surface area contributed by atoms with Gasteiger partial charge in [-0.25, -0.2) is 18.4 Å². The summed E-state index contributed by atoms with van der Waals surface area (Å²) in [4.78, 5) is 46.0. The highest BCUT2D eigenvalue weighted by Gasteiger charge is 2.23. The van der Waals surface area contributed by atoms with E-state index in [1.54, 1.807) is 13.3 Å². The third-order valence-electron chi connectivity index (χ3n) is 7.41. The molecule has 0 bridgehead atoms. The van der Waals surface area contributed by atoms with E-state index in [9.17, 15) is 18.0 Å². The maximum Gasteiger partial charge on any atom is 0.267 e. The van der Waals surface area contributed by atoms with Crippen LogP contribution in [0.2, 0.25) is 0 Å². The van der Waals surface area contributed by atoms with Gasteiger partial charge in [-0.2, -0.15) is 0 Å². The van der Waals surface area contributed by atoms with Crippen LogP contribution in [0.3, 0.4) is 0 Å². The first-order chi connectivity index (χ1) is 21.6. The number of pyridine rings is 1. The summed E-state index contributed by atoms with van der Waals surface area (Å²) in [5.74, 6) is 0.178. The zero-order valence-corrected chi connectivity index (χ0v) is 25.9. The van der Waals surface area contributed by atoms with E-state index in [4.69, 9.17) is 14.9 Å². The monoisotopic (exact) mass is 633 g/mol. The van der Waals surface area contributed by atoms with Crippen LogP contribution in [0.25, 0.3) is 22.2 Å². The lowest BCUT2D eigenvalue weighted by molar-refractivity contribution is -0.118. The second kappa shape index (κ2) is 13.8. The van der Waals surface area contributed by atoms with Gasteiger partial charge in [-0.3, -0.25) is 19.6 Å². The number of nitrogens with zero attached hydrogens (tertiary/aromatic N) is 4. The number of sulfone groups is 1. The second-order valence-corrected chi connectivity index (χ2v) is 13.0. The standard InChI is InChI=1S/C31H35N7O6S/c1-19-8-9-20-14-22(28(43-2)16-25(20)36-19)26-17-35-29(37-26)24(6-4-3-5-7-27(39)31-34-10-12-44-31)38-30(40)23(32)15-21-18-45(41,42)13-11-33-21/h8-10,12,14-17,24H,3-7,11,13,18,32H2,1-2H3,(H,35,37)(H,38,40)/t24-/m0/s1. The average Bonchev–Trinajstić information content (AvgIpc) is 3.72. The lowest BCUT2D eigenvalue weighted by atomic mass is 10.0. The van der Waals surface area contributed by atoms with Gasteiger partial charge >= 0.3 is 0 Å². The van der Waals surface area contributed by atoms with Crippen LogP contribution in [0.1, 0.15) is 60.3 Å². The molecule has 3 aromatic heterocycles. The Bertz CT molecular complexity index is 1860. The minimum atomic E-state index is -3.28. The fraction of sp³-hybridized carbons (Fsp3) is 0.355. The molecule has 1 aromatic carbocycles. The SMILES string of the molecule is COc1cc2nc(C)ccc2cc1-c1cnc([C@H](CCCCCC(=O)c2ncco2)NC(=O)C(N)=CC2=NCCS(=O)(=O)C2)[nH]1. The van der Waals surface area contributed by atoms with Crippen molar-refractivity contribution in [1.82, 2.24) is 25.3 Å². The average molecular weight is 634 g/mol. The molecule has 0 spiro atoms. The van der Waals surface area contributed by atoms with Gasteiger partial charge in [-0.15, -0.1) is 0 Å². The number of hydrogen-bond donors (Lipinski definition) is 3. The highest BCUT2D eigenvalue weighted by Crippen LogP contribution is 2.33. The minimum absolute atomic E-state index is 0.0267. The van der Waals surface area contributed by atoms with Crippen molar-refractivity contribution in [2.45, 2.75) is 45.1 Å². The molecule has 0 unspecified atom stereocenters. The molecule has 0 aliphatic carbocycles. The summed E-state index contributed by atoms with van der Waals surface area (Å²) in [6.07, 6.45) is 8.55. The predicted octanol–water partition coefficient (Wildman–Crippen LogP) is 3.63. The summed E-state index contributed by atoms with van der Waals surface area (Å²) in [7, 11) is -1.69. The van der Waals surface area contributed by atoms with Crippen molar-refractivity contribution in [3.8, 4) is 17.0 Å². The van der Waals surface area contributed by atoms with Crippen molar-refractivity contribution < 1.29 is 27.2 Å². The Labute approximate surface area is 260 Å². The van der Waals surface area contributed by atoms with E-state index in [0.717, 1.165) is 22.2 Å². The number of aliphatic imine (C=N–C) groups is 1. The van der Waals surface area contributed by atoms with Crippen LogP contribution in [0.4, 0.5) is 0 Å². The van der Waals surface area contributed by atoms with Crippen molar-refractivity contribution in [1.29, 1.82) is 0 Å². The van der Waals surface area contributed by atoms with E-state index in [2.05, 4.69) is 30.2 Å². The molecule has 13 nitrogen and oxygen atoms in total. The third kappa shape index (κ3) is 8.01. The number of aromatic nitrogens is 4. The summed E-state index contributed by atoms with van der Waals surface area (Å²) in [5, 5.41) is 3.86. The second-order valence-electron chi connectivity index (χ2n) is 10.8. The van der Waals surface area contributed by atoms with Gasteiger partial charge in [0, 0.05) is 29.1 Å². The number of unbranched alkanes of at least 4 members (excludes halogenated alkanes) is 2. The smallest absolute Gasteiger partial charge is 0.267 e. The highest BCUT2D eigenvalue weighted by atomic mass is 32.2. The van der Waals surface area contributed by atoms with Crippen molar-refractivity contribution in [3.05, 3.63) is 72.1 Å². The lowest BCUT2D eigenvalue weighted by Gasteiger charge is -2.18. The number of allylic oxidation sites excluding steroid dienone is 1. The van der Waals surface area contributed by atoms with Crippen molar-refractivity contribution in [3.63, 3.8) is 0 Å². The number of methoxy groups -OCH3 is 1. The maximum atomic E-state index is 13.2. The topological polar surface area (TPSA) is 196 Å². The molecule has 0 radical (unpaired) electrons. The van der Waals surface area contributed by atoms with Gasteiger partial charge in [0.1, 0.15) is 17.8 Å². The van der Waals surface area contributed by atoms with E-state index in [1.807, 2.05) is 31.2 Å². The number of ether oxygens (including phenoxy) is 1. The Morgan fingerprint density at radius 3 is 2.80 bits per heavy atom. The number of carbonyl (C=O) groups excluding carboxylic acids is 2. The van der Waals surface area contributed by atoms with Crippen LogP contribution < -0.4 is 15.8 Å². The van der Waals surface area contributed by atoms with E-state index >= 15 is 0 Å². The summed E-state index contributed by atoms with van der Waals surface area (Å²) < 4.78 is 34.7. The van der Waals surface area contributed by atoms with Gasteiger partial charge < -0.3 is 25.2 Å². The number of amides is 1. The fourth-order valence-electron chi connectivity index (χ4n) is 5.09. The highest BCUT2D eigenvalue weighted by molar-refractivity contribution is 7.92. The minimum Gasteiger partial charge on any atom is -0.496 e. The molecule has 0 fully saturated rings. The summed E-state index contributed by atoms with van der Waals surface area (Å²) in [6.45, 7) is 2.06. The first kappa shape index (κ1) is 31.6. The van der Waals surface area contributed by atoms with Crippen LogP contribution in [-0.4, -0.2) is 70.9 Å². The summed E-state index contributed by atoms with van der Waals surface area (Å²) in [5.41, 5.74) is 9.34.